The second kappa shape index (κ2) is 5.52. The molecule has 0 bridgehead atoms. The van der Waals surface area contributed by atoms with E-state index >= 15 is 0 Å². The summed E-state index contributed by atoms with van der Waals surface area (Å²) in [4.78, 5) is 12.6. The smallest absolute Gasteiger partial charge is 0.135 e. The number of benzene rings is 1. The molecule has 0 aliphatic carbocycles. The quantitative estimate of drug-likeness (QED) is 0.758. The molecular formula is C15H15N5. The number of hydrogen-bond acceptors (Lipinski definition) is 5. The summed E-state index contributed by atoms with van der Waals surface area (Å²) in [5, 5.41) is 8.69. The fourth-order valence-corrected chi connectivity index (χ4v) is 2.06. The van der Waals surface area contributed by atoms with Gasteiger partial charge in [0.05, 0.1) is 0 Å². The van der Waals surface area contributed by atoms with Crippen LogP contribution in [0.25, 0.3) is 10.8 Å². The second-order valence-electron chi connectivity index (χ2n) is 4.35. The van der Waals surface area contributed by atoms with Gasteiger partial charge in [0, 0.05) is 36.1 Å². The minimum Gasteiger partial charge on any atom is -0.370 e. The minimum atomic E-state index is 0.757. The molecule has 3 rings (SSSR count). The standard InChI is InChI=1S/C15H15N5/c1-2-17-14-8-15(19-10-18-14)20-13-5-3-4-11-6-7-16-9-12(11)13/h3-10H,2H2,1H3,(H2,17,18,19,20). The van der Waals surface area contributed by atoms with Crippen LogP contribution in [-0.4, -0.2) is 21.5 Å². The van der Waals surface area contributed by atoms with E-state index in [1.165, 1.54) is 0 Å². The van der Waals surface area contributed by atoms with Gasteiger partial charge in [-0.15, -0.1) is 0 Å². The van der Waals surface area contributed by atoms with E-state index < -0.39 is 0 Å². The van der Waals surface area contributed by atoms with E-state index in [2.05, 4.69) is 31.7 Å². The van der Waals surface area contributed by atoms with Crippen molar-refractivity contribution in [1.29, 1.82) is 0 Å². The van der Waals surface area contributed by atoms with Gasteiger partial charge in [0.2, 0.25) is 0 Å². The molecular weight excluding hydrogens is 250 g/mol. The highest BCUT2D eigenvalue weighted by Crippen LogP contribution is 2.25. The van der Waals surface area contributed by atoms with Crippen molar-refractivity contribution in [2.75, 3.05) is 17.2 Å². The minimum absolute atomic E-state index is 0.757. The van der Waals surface area contributed by atoms with Crippen molar-refractivity contribution in [3.8, 4) is 0 Å². The lowest BCUT2D eigenvalue weighted by Gasteiger charge is -2.09. The number of nitrogens with one attached hydrogen (secondary N) is 2. The first kappa shape index (κ1) is 12.3. The summed E-state index contributed by atoms with van der Waals surface area (Å²) in [6.45, 7) is 2.86. The van der Waals surface area contributed by atoms with E-state index in [1.807, 2.05) is 37.4 Å². The Labute approximate surface area is 117 Å². The van der Waals surface area contributed by atoms with Crippen LogP contribution < -0.4 is 10.6 Å². The predicted octanol–water partition coefficient (Wildman–Crippen LogP) is 3.20. The molecule has 2 heterocycles. The first-order chi connectivity index (χ1) is 9.86. The average Bonchev–Trinajstić information content (AvgIpc) is 2.48. The maximum absolute atomic E-state index is 4.24. The van der Waals surface area contributed by atoms with Crippen molar-refractivity contribution in [3.63, 3.8) is 0 Å². The Balaban J connectivity index is 1.95. The van der Waals surface area contributed by atoms with Crippen molar-refractivity contribution in [2.45, 2.75) is 6.92 Å². The van der Waals surface area contributed by atoms with Crippen LogP contribution >= 0.6 is 0 Å². The molecule has 0 saturated heterocycles. The molecule has 100 valence electrons. The van der Waals surface area contributed by atoms with Gasteiger partial charge in [-0.25, -0.2) is 9.97 Å². The zero-order valence-corrected chi connectivity index (χ0v) is 11.2. The molecule has 0 amide bonds. The predicted molar refractivity (Wildman–Crippen MR) is 81.2 cm³/mol. The summed E-state index contributed by atoms with van der Waals surface area (Å²) in [6, 6.07) is 9.96. The summed E-state index contributed by atoms with van der Waals surface area (Å²) < 4.78 is 0. The molecule has 5 nitrogen and oxygen atoms in total. The summed E-state index contributed by atoms with van der Waals surface area (Å²) >= 11 is 0. The number of fused-ring (bicyclic) bond motifs is 1. The summed E-state index contributed by atoms with van der Waals surface area (Å²) in [5.41, 5.74) is 0.983. The van der Waals surface area contributed by atoms with Crippen LogP contribution in [0.3, 0.4) is 0 Å². The lowest BCUT2D eigenvalue weighted by Crippen LogP contribution is -2.01. The molecule has 2 N–H and O–H groups in total. The van der Waals surface area contributed by atoms with Gasteiger partial charge in [-0.1, -0.05) is 12.1 Å². The molecule has 3 aromatic rings. The second-order valence-corrected chi connectivity index (χ2v) is 4.35. The molecule has 1 aromatic carbocycles. The Bertz CT molecular complexity index is 721. The Morgan fingerprint density at radius 3 is 2.90 bits per heavy atom. The van der Waals surface area contributed by atoms with E-state index in [9.17, 15) is 0 Å². The van der Waals surface area contributed by atoms with Gasteiger partial charge >= 0.3 is 0 Å². The third kappa shape index (κ3) is 2.51. The van der Waals surface area contributed by atoms with E-state index in [0.29, 0.717) is 0 Å². The molecule has 2 aromatic heterocycles. The molecule has 0 saturated carbocycles. The third-order valence-electron chi connectivity index (χ3n) is 2.97. The molecule has 0 spiro atoms. The molecule has 0 radical (unpaired) electrons. The molecule has 0 aliphatic rings. The van der Waals surface area contributed by atoms with Crippen molar-refractivity contribution < 1.29 is 0 Å². The largest absolute Gasteiger partial charge is 0.370 e. The molecule has 0 unspecified atom stereocenters. The zero-order valence-electron chi connectivity index (χ0n) is 11.2. The molecule has 0 fully saturated rings. The Morgan fingerprint density at radius 2 is 2.00 bits per heavy atom. The van der Waals surface area contributed by atoms with Crippen LogP contribution in [-0.2, 0) is 0 Å². The first-order valence-electron chi connectivity index (χ1n) is 6.52. The number of pyridine rings is 1. The monoisotopic (exact) mass is 265 g/mol. The van der Waals surface area contributed by atoms with Crippen LogP contribution in [0.5, 0.6) is 0 Å². The third-order valence-corrected chi connectivity index (χ3v) is 2.97. The number of rotatable bonds is 4. The zero-order chi connectivity index (χ0) is 13.8. The van der Waals surface area contributed by atoms with Gasteiger partial charge in [-0.05, 0) is 24.4 Å². The lowest BCUT2D eigenvalue weighted by molar-refractivity contribution is 1.11. The number of hydrogen-bond donors (Lipinski definition) is 2. The summed E-state index contributed by atoms with van der Waals surface area (Å²) in [6.07, 6.45) is 5.19. The van der Waals surface area contributed by atoms with Crippen LogP contribution in [0.2, 0.25) is 0 Å². The van der Waals surface area contributed by atoms with Gasteiger partial charge < -0.3 is 10.6 Å². The maximum atomic E-state index is 4.24. The van der Waals surface area contributed by atoms with Gasteiger partial charge in [-0.2, -0.15) is 0 Å². The molecule has 20 heavy (non-hydrogen) atoms. The summed E-state index contributed by atoms with van der Waals surface area (Å²) in [7, 11) is 0. The van der Waals surface area contributed by atoms with Crippen LogP contribution in [0.4, 0.5) is 17.3 Å². The maximum Gasteiger partial charge on any atom is 0.135 e. The Hall–Kier alpha value is -2.69. The number of anilines is 3. The van der Waals surface area contributed by atoms with E-state index in [-0.39, 0.29) is 0 Å². The highest BCUT2D eigenvalue weighted by atomic mass is 15.1. The van der Waals surface area contributed by atoms with Crippen LogP contribution in [0.15, 0.2) is 49.1 Å². The molecule has 0 atom stereocenters. The highest BCUT2D eigenvalue weighted by Gasteiger charge is 2.03. The lowest BCUT2D eigenvalue weighted by atomic mass is 10.1. The number of aromatic nitrogens is 3. The molecule has 0 aliphatic heterocycles. The van der Waals surface area contributed by atoms with Gasteiger partial charge in [-0.3, -0.25) is 4.98 Å². The Morgan fingerprint density at radius 1 is 1.10 bits per heavy atom. The fourth-order valence-electron chi connectivity index (χ4n) is 2.06. The van der Waals surface area contributed by atoms with Crippen LogP contribution in [0.1, 0.15) is 6.92 Å². The molecule has 5 heteroatoms. The first-order valence-corrected chi connectivity index (χ1v) is 6.52. The average molecular weight is 265 g/mol. The van der Waals surface area contributed by atoms with Crippen molar-refractivity contribution in [3.05, 3.63) is 49.1 Å². The fraction of sp³-hybridized carbons (Fsp3) is 0.133. The van der Waals surface area contributed by atoms with Gasteiger partial charge in [0.15, 0.2) is 0 Å². The van der Waals surface area contributed by atoms with Gasteiger partial charge in [0.25, 0.3) is 0 Å². The van der Waals surface area contributed by atoms with Crippen LogP contribution in [0, 0.1) is 0 Å². The SMILES string of the molecule is CCNc1cc(Nc2cccc3ccncc23)ncn1. The topological polar surface area (TPSA) is 62.7 Å². The number of nitrogens with zero attached hydrogens (tertiary/aromatic N) is 3. The van der Waals surface area contributed by atoms with Crippen molar-refractivity contribution in [1.82, 2.24) is 15.0 Å². The van der Waals surface area contributed by atoms with Crippen molar-refractivity contribution >= 4 is 28.1 Å². The highest BCUT2D eigenvalue weighted by molar-refractivity contribution is 5.94. The van der Waals surface area contributed by atoms with E-state index in [4.69, 9.17) is 0 Å². The normalized spacial score (nSPS) is 10.4. The van der Waals surface area contributed by atoms with Crippen molar-refractivity contribution in [2.24, 2.45) is 0 Å². The van der Waals surface area contributed by atoms with Gasteiger partial charge in [0.1, 0.15) is 18.0 Å². The van der Waals surface area contributed by atoms with E-state index in [1.54, 1.807) is 12.5 Å². The Kier molecular flexibility index (Phi) is 3.41. The summed E-state index contributed by atoms with van der Waals surface area (Å²) in [5.74, 6) is 1.57. The van der Waals surface area contributed by atoms with E-state index in [0.717, 1.165) is 34.6 Å².